The molecular formula is C59H65BrF4N4O4S2. The molecule has 2 aliphatic heterocycles. The quantitative estimate of drug-likeness (QED) is 0.0601. The number of carbonyl (C=O) groups is 3. The third kappa shape index (κ3) is 19.0. The number of alkyl carbamates (subject to hydrolysis) is 1. The van der Waals surface area contributed by atoms with Crippen molar-refractivity contribution in [2.45, 2.75) is 74.6 Å². The van der Waals surface area contributed by atoms with Crippen LogP contribution in [-0.2, 0) is 4.74 Å². The molecule has 15 heteroatoms. The van der Waals surface area contributed by atoms with Crippen LogP contribution in [0.1, 0.15) is 99.9 Å². The van der Waals surface area contributed by atoms with Crippen LogP contribution in [0.2, 0.25) is 0 Å². The second kappa shape index (κ2) is 29.5. The Bertz CT molecular complexity index is 2530. The second-order valence-corrected chi connectivity index (χ2v) is 22.1. The summed E-state index contributed by atoms with van der Waals surface area (Å²) < 4.78 is 58.0. The zero-order chi connectivity index (χ0) is 52.9. The molecule has 8 nitrogen and oxygen atoms in total. The number of amides is 3. The zero-order valence-electron chi connectivity index (χ0n) is 42.0. The van der Waals surface area contributed by atoms with Crippen molar-refractivity contribution in [2.24, 2.45) is 0 Å². The largest absolute Gasteiger partial charge is 0.444 e. The van der Waals surface area contributed by atoms with Gasteiger partial charge in [0.2, 0.25) is 0 Å². The van der Waals surface area contributed by atoms with E-state index in [4.69, 9.17) is 4.74 Å². The van der Waals surface area contributed by atoms with E-state index in [1.165, 1.54) is 48.5 Å². The molecule has 0 atom stereocenters. The summed E-state index contributed by atoms with van der Waals surface area (Å²) in [5, 5.41) is 7.49. The van der Waals surface area contributed by atoms with Gasteiger partial charge in [-0.1, -0.05) is 101 Å². The Morgan fingerprint density at radius 3 is 1.22 bits per heavy atom. The summed E-state index contributed by atoms with van der Waals surface area (Å²) in [5.41, 5.74) is 5.02. The van der Waals surface area contributed by atoms with Crippen molar-refractivity contribution < 1.29 is 36.7 Å². The first kappa shape index (κ1) is 57.7. The maximum atomic E-state index is 13.4. The van der Waals surface area contributed by atoms with Crippen molar-refractivity contribution in [1.29, 1.82) is 0 Å². The number of nitrogens with one attached hydrogen (secondary N) is 2. The minimum atomic E-state index is -0.492. The number of benzene rings is 6. The van der Waals surface area contributed by atoms with Crippen molar-refractivity contribution in [2.75, 3.05) is 49.6 Å². The molecule has 8 rings (SSSR count). The summed E-state index contributed by atoms with van der Waals surface area (Å²) in [7, 11) is 0. The van der Waals surface area contributed by atoms with Gasteiger partial charge in [-0.25, -0.2) is 22.4 Å². The first-order valence-electron chi connectivity index (χ1n) is 24.9. The number of piperidine rings is 2. The third-order valence-corrected chi connectivity index (χ3v) is 15.8. The lowest BCUT2D eigenvalue weighted by molar-refractivity contribution is 0.0473. The fraction of sp³-hybridized carbons (Fsp3) is 0.339. The van der Waals surface area contributed by atoms with Gasteiger partial charge in [0.25, 0.3) is 11.8 Å². The minimum absolute atomic E-state index is 0.0124. The zero-order valence-corrected chi connectivity index (χ0v) is 45.3. The van der Waals surface area contributed by atoms with Crippen LogP contribution in [0.25, 0.3) is 0 Å². The van der Waals surface area contributed by atoms with E-state index in [0.717, 1.165) is 90.0 Å². The maximum absolute atomic E-state index is 13.4. The Hall–Kier alpha value is -5.61. The molecule has 0 aromatic heterocycles. The van der Waals surface area contributed by atoms with Gasteiger partial charge in [0.05, 0.1) is 10.5 Å². The van der Waals surface area contributed by atoms with Crippen molar-refractivity contribution in [3.8, 4) is 0 Å². The van der Waals surface area contributed by atoms with Crippen LogP contribution in [0.3, 0.4) is 0 Å². The molecule has 392 valence electrons. The van der Waals surface area contributed by atoms with Gasteiger partial charge >= 0.3 is 6.09 Å². The average molecular weight is 1110 g/mol. The van der Waals surface area contributed by atoms with Crippen molar-refractivity contribution in [1.82, 2.24) is 20.4 Å². The van der Waals surface area contributed by atoms with Gasteiger partial charge in [-0.15, -0.1) is 23.5 Å². The van der Waals surface area contributed by atoms with Gasteiger partial charge in [-0.05, 0) is 142 Å². The number of hydrogen-bond donors (Lipinski definition) is 2. The van der Waals surface area contributed by atoms with Gasteiger partial charge < -0.3 is 25.2 Å². The van der Waals surface area contributed by atoms with Crippen molar-refractivity contribution in [3.63, 3.8) is 0 Å². The molecule has 0 radical (unpaired) electrons. The molecule has 2 N–H and O–H groups in total. The molecule has 2 aliphatic rings. The molecule has 74 heavy (non-hydrogen) atoms. The Morgan fingerprint density at radius 2 is 0.878 bits per heavy atom. The standard InChI is InChI=1S/C27H28F2N2OS.C17H24N2O3.C15H13BrF2S/c28-23-10-6-20(7-11-23)26(21-8-12-24(29)13-9-21)33-19-16-30-25-14-17-31(18-15-25)27(32)22-4-2-1-3-5-22;1-17(2,3)22-16(21)18-14-9-11-19(12-10-14)15(20)13-7-5-4-6-8-13;16-9-10-19-15(11-1-5-13(17)6-2-11)12-3-7-14(18)8-4-12/h1-13,25-26,30H,14-19H2;4-8,14H,9-12H2,1-3H3,(H,18,21);1-8,15H,9-10H2. The van der Waals surface area contributed by atoms with Crippen LogP contribution in [-0.4, -0.2) is 95.0 Å². The Kier molecular flexibility index (Phi) is 23.0. The number of nitrogens with zero attached hydrogens (tertiary/aromatic N) is 2. The van der Waals surface area contributed by atoms with Crippen molar-refractivity contribution in [3.05, 3.63) is 214 Å². The summed E-state index contributed by atoms with van der Waals surface area (Å²) in [6.07, 6.45) is 2.97. The van der Waals surface area contributed by atoms with E-state index >= 15 is 0 Å². The van der Waals surface area contributed by atoms with Crippen LogP contribution in [0, 0.1) is 23.3 Å². The van der Waals surface area contributed by atoms with E-state index in [2.05, 4.69) is 26.6 Å². The molecule has 0 spiro atoms. The number of rotatable bonds is 15. The molecule has 2 heterocycles. The topological polar surface area (TPSA) is 91.0 Å². The molecule has 6 aromatic carbocycles. The summed E-state index contributed by atoms with van der Waals surface area (Å²) >= 11 is 6.91. The van der Waals surface area contributed by atoms with Gasteiger partial charge in [0, 0.05) is 72.8 Å². The number of hydrogen-bond acceptors (Lipinski definition) is 7. The molecule has 2 fully saturated rings. The SMILES string of the molecule is CC(C)(C)OC(=O)NC1CCN(C(=O)c2ccccc2)CC1.Fc1ccc(C(SCCBr)c2ccc(F)cc2)cc1.O=C(c1ccccc1)N1CCC(NCCSC(c2ccc(F)cc2)c2ccc(F)cc2)CC1. The number of alkyl halides is 1. The molecule has 2 saturated heterocycles. The highest BCUT2D eigenvalue weighted by atomic mass is 79.9. The van der Waals surface area contributed by atoms with Crippen LogP contribution in [0.15, 0.2) is 158 Å². The van der Waals surface area contributed by atoms with Crippen LogP contribution < -0.4 is 10.6 Å². The first-order valence-corrected chi connectivity index (χ1v) is 28.1. The molecule has 0 saturated carbocycles. The predicted molar refractivity (Wildman–Crippen MR) is 296 cm³/mol. The fourth-order valence-electron chi connectivity index (χ4n) is 8.44. The molecule has 0 bridgehead atoms. The number of ether oxygens (including phenoxy) is 1. The lowest BCUT2D eigenvalue weighted by atomic mass is 10.0. The molecule has 0 aliphatic carbocycles. The normalized spacial score (nSPS) is 14.1. The van der Waals surface area contributed by atoms with Gasteiger partial charge in [-0.3, -0.25) is 9.59 Å². The lowest BCUT2D eigenvalue weighted by Gasteiger charge is -2.33. The number of carbonyl (C=O) groups excluding carboxylic acids is 3. The maximum Gasteiger partial charge on any atom is 0.407 e. The minimum Gasteiger partial charge on any atom is -0.444 e. The van der Waals surface area contributed by atoms with Gasteiger partial charge in [-0.2, -0.15) is 0 Å². The highest BCUT2D eigenvalue weighted by Crippen LogP contribution is 2.37. The smallest absolute Gasteiger partial charge is 0.407 e. The second-order valence-electron chi connectivity index (χ2n) is 18.9. The van der Waals surface area contributed by atoms with Gasteiger partial charge in [0.15, 0.2) is 0 Å². The average Bonchev–Trinajstić information content (AvgIpc) is 3.41. The molecule has 0 unspecified atom stereocenters. The third-order valence-electron chi connectivity index (χ3n) is 12.2. The Morgan fingerprint density at radius 1 is 0.541 bits per heavy atom. The van der Waals surface area contributed by atoms with E-state index in [9.17, 15) is 31.9 Å². The van der Waals surface area contributed by atoms with E-state index in [1.54, 1.807) is 72.1 Å². The monoisotopic (exact) mass is 1110 g/mol. The first-order chi connectivity index (χ1) is 35.6. The fourth-order valence-corrected chi connectivity index (χ4v) is 11.2. The van der Waals surface area contributed by atoms with E-state index in [0.29, 0.717) is 24.7 Å². The molecule has 6 aromatic rings. The van der Waals surface area contributed by atoms with Crippen LogP contribution in [0.5, 0.6) is 0 Å². The summed E-state index contributed by atoms with van der Waals surface area (Å²) in [4.78, 5) is 40.5. The highest BCUT2D eigenvalue weighted by molar-refractivity contribution is 9.09. The van der Waals surface area contributed by atoms with Crippen molar-refractivity contribution >= 4 is 57.4 Å². The van der Waals surface area contributed by atoms with Crippen LogP contribution >= 0.6 is 39.5 Å². The number of likely N-dealkylation sites (tertiary alicyclic amines) is 2. The van der Waals surface area contributed by atoms with E-state index in [1.807, 2.05) is 91.2 Å². The van der Waals surface area contributed by atoms with Crippen LogP contribution in [0.4, 0.5) is 22.4 Å². The summed E-state index contributed by atoms with van der Waals surface area (Å²) in [6, 6.07) is 45.2. The van der Waals surface area contributed by atoms with E-state index < -0.39 is 5.60 Å². The summed E-state index contributed by atoms with van der Waals surface area (Å²) in [5.74, 6) is 0.935. The Labute approximate surface area is 450 Å². The highest BCUT2D eigenvalue weighted by Gasteiger charge is 2.27. The molecule has 3 amide bonds. The van der Waals surface area contributed by atoms with Gasteiger partial charge in [0.1, 0.15) is 28.9 Å². The van der Waals surface area contributed by atoms with E-state index in [-0.39, 0.29) is 57.7 Å². The summed E-state index contributed by atoms with van der Waals surface area (Å²) in [6.45, 7) is 9.16. The molecular weight excluding hydrogens is 1050 g/mol. The Balaban J connectivity index is 0.000000190. The lowest BCUT2D eigenvalue weighted by Crippen LogP contribution is -2.47. The predicted octanol–water partition coefficient (Wildman–Crippen LogP) is 13.7. The number of halogens is 5. The number of thioether (sulfide) groups is 2.